The zero-order valence-corrected chi connectivity index (χ0v) is 12.0. The van der Waals surface area contributed by atoms with Crippen LogP contribution in [-0.4, -0.2) is 22.4 Å². The summed E-state index contributed by atoms with van der Waals surface area (Å²) in [5, 5.41) is 2.96. The molecule has 0 saturated carbocycles. The molecule has 1 unspecified atom stereocenters. The molecule has 1 atom stereocenters. The van der Waals surface area contributed by atoms with Crippen LogP contribution in [0, 0.1) is 5.92 Å². The molecular formula is C13H21ClN4O. The molecule has 0 aliphatic heterocycles. The molecule has 0 radical (unpaired) electrons. The number of aromatic nitrogens is 2. The van der Waals surface area contributed by atoms with Gasteiger partial charge in [-0.15, -0.1) is 0 Å². The van der Waals surface area contributed by atoms with E-state index in [0.29, 0.717) is 24.0 Å². The Morgan fingerprint density at radius 1 is 1.47 bits per heavy atom. The first-order valence-corrected chi connectivity index (χ1v) is 7.02. The largest absolute Gasteiger partial charge is 0.330 e. The summed E-state index contributed by atoms with van der Waals surface area (Å²) < 4.78 is 0. The lowest BCUT2D eigenvalue weighted by molar-refractivity contribution is -0.116. The van der Waals surface area contributed by atoms with Crippen molar-refractivity contribution in [1.82, 2.24) is 9.97 Å². The number of carbonyl (C=O) groups excluding carboxylic acids is 1. The van der Waals surface area contributed by atoms with E-state index in [1.54, 1.807) is 6.07 Å². The van der Waals surface area contributed by atoms with Gasteiger partial charge in [0.15, 0.2) is 0 Å². The van der Waals surface area contributed by atoms with E-state index in [9.17, 15) is 4.79 Å². The van der Waals surface area contributed by atoms with E-state index in [4.69, 9.17) is 17.3 Å². The third-order valence-corrected chi connectivity index (χ3v) is 3.13. The average Bonchev–Trinajstić information content (AvgIpc) is 2.36. The van der Waals surface area contributed by atoms with Crippen LogP contribution in [0.25, 0.3) is 0 Å². The van der Waals surface area contributed by atoms with Gasteiger partial charge in [0.05, 0.1) is 0 Å². The molecule has 1 heterocycles. The van der Waals surface area contributed by atoms with E-state index >= 15 is 0 Å². The lowest BCUT2D eigenvalue weighted by atomic mass is 9.94. The van der Waals surface area contributed by atoms with Crippen LogP contribution in [0.5, 0.6) is 0 Å². The number of carbonyl (C=O) groups is 1. The van der Waals surface area contributed by atoms with Gasteiger partial charge >= 0.3 is 0 Å². The number of nitrogens with zero attached hydrogens (tertiary/aromatic N) is 2. The first-order chi connectivity index (χ1) is 9.15. The third-order valence-electron chi connectivity index (χ3n) is 2.92. The van der Waals surface area contributed by atoms with Crippen molar-refractivity contribution in [1.29, 1.82) is 0 Å². The van der Waals surface area contributed by atoms with E-state index < -0.39 is 0 Å². The molecule has 0 spiro atoms. The molecule has 0 fully saturated rings. The molecule has 0 bridgehead atoms. The molecule has 1 rings (SSSR count). The zero-order chi connectivity index (χ0) is 14.1. The van der Waals surface area contributed by atoms with Crippen molar-refractivity contribution in [2.75, 3.05) is 11.9 Å². The van der Waals surface area contributed by atoms with Gasteiger partial charge in [-0.25, -0.2) is 9.97 Å². The summed E-state index contributed by atoms with van der Waals surface area (Å²) in [6, 6.07) is 1.57. The maximum Gasteiger partial charge on any atom is 0.230 e. The topological polar surface area (TPSA) is 80.9 Å². The number of hydrogen-bond donors (Lipinski definition) is 2. The predicted molar refractivity (Wildman–Crippen MR) is 77.0 cm³/mol. The first kappa shape index (κ1) is 15.9. The molecule has 1 aromatic rings. The van der Waals surface area contributed by atoms with E-state index in [1.807, 2.05) is 0 Å². The highest BCUT2D eigenvalue weighted by molar-refractivity contribution is 6.29. The van der Waals surface area contributed by atoms with Gasteiger partial charge in [-0.2, -0.15) is 0 Å². The fourth-order valence-corrected chi connectivity index (χ4v) is 2.13. The van der Waals surface area contributed by atoms with E-state index in [1.165, 1.54) is 6.20 Å². The minimum atomic E-state index is -0.0830. The van der Waals surface area contributed by atoms with Crippen LogP contribution in [-0.2, 0) is 4.79 Å². The van der Waals surface area contributed by atoms with Crippen LogP contribution in [0.3, 0.4) is 0 Å². The summed E-state index contributed by atoms with van der Waals surface area (Å²) in [5.74, 6) is 0.685. The van der Waals surface area contributed by atoms with Gasteiger partial charge < -0.3 is 5.73 Å². The molecule has 6 heteroatoms. The lowest BCUT2D eigenvalue weighted by Gasteiger charge is -2.14. The van der Waals surface area contributed by atoms with Gasteiger partial charge in [0, 0.05) is 12.6 Å². The standard InChI is InChI=1S/C13H21ClN4O/c1-2-3-10(6-8-15)4-5-12(19)18-13-16-9-7-11(14)17-13/h7,9-10H,2-6,8,15H2,1H3,(H,16,17,18,19). The average molecular weight is 285 g/mol. The molecule has 0 aliphatic rings. The van der Waals surface area contributed by atoms with Crippen LogP contribution in [0.15, 0.2) is 12.3 Å². The van der Waals surface area contributed by atoms with Crippen molar-refractivity contribution in [3.8, 4) is 0 Å². The van der Waals surface area contributed by atoms with Crippen molar-refractivity contribution < 1.29 is 4.79 Å². The number of nitrogens with two attached hydrogens (primary N) is 1. The smallest absolute Gasteiger partial charge is 0.230 e. The summed E-state index contributed by atoms with van der Waals surface area (Å²) in [6.45, 7) is 2.81. The van der Waals surface area contributed by atoms with Gasteiger partial charge in [-0.1, -0.05) is 31.4 Å². The highest BCUT2D eigenvalue weighted by Gasteiger charge is 2.11. The van der Waals surface area contributed by atoms with Crippen molar-refractivity contribution in [2.24, 2.45) is 11.7 Å². The number of anilines is 1. The minimum Gasteiger partial charge on any atom is -0.330 e. The van der Waals surface area contributed by atoms with Crippen molar-refractivity contribution in [3.63, 3.8) is 0 Å². The second-order valence-corrected chi connectivity index (χ2v) is 4.91. The molecule has 0 aromatic carbocycles. The Labute approximate surface area is 119 Å². The lowest BCUT2D eigenvalue weighted by Crippen LogP contribution is -2.16. The van der Waals surface area contributed by atoms with Gasteiger partial charge in [-0.3, -0.25) is 10.1 Å². The predicted octanol–water partition coefficient (Wildman–Crippen LogP) is 2.61. The van der Waals surface area contributed by atoms with E-state index in [2.05, 4.69) is 22.2 Å². The quantitative estimate of drug-likeness (QED) is 0.719. The molecule has 0 aliphatic carbocycles. The van der Waals surface area contributed by atoms with Crippen LogP contribution < -0.4 is 11.1 Å². The third kappa shape index (κ3) is 6.50. The molecular weight excluding hydrogens is 264 g/mol. The monoisotopic (exact) mass is 284 g/mol. The maximum absolute atomic E-state index is 11.8. The number of nitrogens with one attached hydrogen (secondary N) is 1. The van der Waals surface area contributed by atoms with Gasteiger partial charge in [0.25, 0.3) is 0 Å². The van der Waals surface area contributed by atoms with Crippen LogP contribution in [0.1, 0.15) is 39.0 Å². The Balaban J connectivity index is 2.38. The molecule has 19 heavy (non-hydrogen) atoms. The van der Waals surface area contributed by atoms with Crippen LogP contribution >= 0.6 is 11.6 Å². The molecule has 5 nitrogen and oxygen atoms in total. The summed E-state index contributed by atoms with van der Waals surface area (Å²) in [4.78, 5) is 19.6. The van der Waals surface area contributed by atoms with Gasteiger partial charge in [-0.05, 0) is 31.4 Å². The Kier molecular flexibility index (Phi) is 7.36. The van der Waals surface area contributed by atoms with Gasteiger partial charge in [0.1, 0.15) is 5.15 Å². The second kappa shape index (κ2) is 8.82. The first-order valence-electron chi connectivity index (χ1n) is 6.64. The number of halogens is 1. The van der Waals surface area contributed by atoms with Crippen molar-refractivity contribution in [2.45, 2.75) is 39.0 Å². The summed E-state index contributed by atoms with van der Waals surface area (Å²) in [7, 11) is 0. The fourth-order valence-electron chi connectivity index (χ4n) is 2.00. The number of hydrogen-bond acceptors (Lipinski definition) is 4. The summed E-state index contributed by atoms with van der Waals surface area (Å²) in [5.41, 5.74) is 5.57. The number of amides is 1. The fraction of sp³-hybridized carbons (Fsp3) is 0.615. The minimum absolute atomic E-state index is 0.0830. The van der Waals surface area contributed by atoms with Crippen LogP contribution in [0.2, 0.25) is 5.15 Å². The van der Waals surface area contributed by atoms with Crippen molar-refractivity contribution in [3.05, 3.63) is 17.4 Å². The Hall–Kier alpha value is -1.20. The molecule has 3 N–H and O–H groups in total. The highest BCUT2D eigenvalue weighted by atomic mass is 35.5. The maximum atomic E-state index is 11.8. The second-order valence-electron chi connectivity index (χ2n) is 4.52. The van der Waals surface area contributed by atoms with E-state index in [-0.39, 0.29) is 11.9 Å². The van der Waals surface area contributed by atoms with Crippen LogP contribution in [0.4, 0.5) is 5.95 Å². The van der Waals surface area contributed by atoms with Crippen molar-refractivity contribution >= 4 is 23.5 Å². The highest BCUT2D eigenvalue weighted by Crippen LogP contribution is 2.17. The molecule has 1 aromatic heterocycles. The summed E-state index contributed by atoms with van der Waals surface area (Å²) >= 11 is 5.72. The van der Waals surface area contributed by atoms with E-state index in [0.717, 1.165) is 25.7 Å². The molecule has 0 saturated heterocycles. The Bertz CT molecular complexity index is 394. The zero-order valence-electron chi connectivity index (χ0n) is 11.2. The Morgan fingerprint density at radius 3 is 2.89 bits per heavy atom. The normalized spacial score (nSPS) is 12.2. The SMILES string of the molecule is CCCC(CCN)CCC(=O)Nc1nccc(Cl)n1. The Morgan fingerprint density at radius 2 is 2.26 bits per heavy atom. The molecule has 1 amide bonds. The molecule has 106 valence electrons. The summed E-state index contributed by atoms with van der Waals surface area (Å²) in [6.07, 6.45) is 6.01. The van der Waals surface area contributed by atoms with Gasteiger partial charge in [0.2, 0.25) is 11.9 Å². The number of rotatable bonds is 8.